The van der Waals surface area contributed by atoms with Crippen molar-refractivity contribution in [3.63, 3.8) is 0 Å². The van der Waals surface area contributed by atoms with Crippen LogP contribution in [0, 0.1) is 5.92 Å². The first-order valence-corrected chi connectivity index (χ1v) is 7.11. The third-order valence-corrected chi connectivity index (χ3v) is 3.82. The molecule has 0 aliphatic carbocycles. The van der Waals surface area contributed by atoms with Crippen molar-refractivity contribution in [2.75, 3.05) is 6.54 Å². The van der Waals surface area contributed by atoms with Crippen molar-refractivity contribution in [3.05, 3.63) is 33.8 Å². The summed E-state index contributed by atoms with van der Waals surface area (Å²) in [5.41, 5.74) is 6.67. The molecule has 0 saturated heterocycles. The van der Waals surface area contributed by atoms with E-state index in [9.17, 15) is 4.79 Å². The lowest BCUT2D eigenvalue weighted by Gasteiger charge is -2.26. The molecule has 5 heteroatoms. The Hall–Kier alpha value is -0.770. The van der Waals surface area contributed by atoms with Gasteiger partial charge in [0.25, 0.3) is 0 Å². The largest absolute Gasteiger partial charge is 0.337 e. The normalized spacial score (nSPS) is 12.6. The van der Waals surface area contributed by atoms with Gasteiger partial charge in [0, 0.05) is 28.7 Å². The monoisotopic (exact) mass is 302 g/mol. The van der Waals surface area contributed by atoms with Gasteiger partial charge in [-0.1, -0.05) is 43.1 Å². The Morgan fingerprint density at radius 1 is 1.32 bits per heavy atom. The van der Waals surface area contributed by atoms with Crippen LogP contribution in [0.15, 0.2) is 18.2 Å². The molecule has 1 atom stereocenters. The molecule has 0 aliphatic heterocycles. The highest BCUT2D eigenvalue weighted by Crippen LogP contribution is 2.26. The number of rotatable bonds is 5. The van der Waals surface area contributed by atoms with Gasteiger partial charge in [-0.05, 0) is 25.0 Å². The molecule has 0 unspecified atom stereocenters. The van der Waals surface area contributed by atoms with Crippen LogP contribution in [0.4, 0.5) is 0 Å². The second-order valence-corrected chi connectivity index (χ2v) is 5.64. The number of halogens is 2. The number of benzene rings is 1. The highest BCUT2D eigenvalue weighted by atomic mass is 35.5. The molecule has 3 nitrogen and oxygen atoms in total. The molecule has 0 bridgehead atoms. The average Bonchev–Trinajstić information content (AvgIpc) is 2.37. The van der Waals surface area contributed by atoms with Crippen LogP contribution < -0.4 is 5.73 Å². The van der Waals surface area contributed by atoms with Crippen molar-refractivity contribution in [1.29, 1.82) is 0 Å². The van der Waals surface area contributed by atoms with E-state index in [0.29, 0.717) is 23.1 Å². The van der Waals surface area contributed by atoms with E-state index in [-0.39, 0.29) is 11.8 Å². The van der Waals surface area contributed by atoms with Gasteiger partial charge in [0.15, 0.2) is 0 Å². The highest BCUT2D eigenvalue weighted by molar-refractivity contribution is 6.36. The fraction of sp³-hybridized carbons (Fsp3) is 0.500. The quantitative estimate of drug-likeness (QED) is 0.907. The minimum atomic E-state index is -0.499. The van der Waals surface area contributed by atoms with E-state index < -0.39 is 6.04 Å². The summed E-state index contributed by atoms with van der Waals surface area (Å²) in [6.45, 7) is 6.72. The van der Waals surface area contributed by atoms with Crippen LogP contribution in [-0.4, -0.2) is 23.4 Å². The first-order chi connectivity index (χ1) is 8.88. The smallest absolute Gasteiger partial charge is 0.240 e. The second kappa shape index (κ2) is 7.13. The van der Waals surface area contributed by atoms with Crippen LogP contribution in [0.25, 0.3) is 0 Å². The lowest BCUT2D eigenvalue weighted by atomic mass is 10.0. The zero-order valence-corrected chi connectivity index (χ0v) is 13.0. The van der Waals surface area contributed by atoms with Crippen molar-refractivity contribution in [3.8, 4) is 0 Å². The molecule has 2 N–H and O–H groups in total. The minimum absolute atomic E-state index is 0.0755. The summed E-state index contributed by atoms with van der Waals surface area (Å²) in [5, 5.41) is 1.13. The topological polar surface area (TPSA) is 46.3 Å². The van der Waals surface area contributed by atoms with E-state index in [1.54, 1.807) is 23.1 Å². The summed E-state index contributed by atoms with van der Waals surface area (Å²) in [6.07, 6.45) is 0. The Morgan fingerprint density at radius 3 is 2.26 bits per heavy atom. The maximum absolute atomic E-state index is 12.3. The van der Waals surface area contributed by atoms with E-state index in [4.69, 9.17) is 28.9 Å². The molecule has 1 amide bonds. The van der Waals surface area contributed by atoms with Gasteiger partial charge in [-0.15, -0.1) is 0 Å². The maximum atomic E-state index is 12.3. The fourth-order valence-corrected chi connectivity index (χ4v) is 2.23. The number of hydrogen-bond donors (Lipinski definition) is 1. The Bertz CT molecular complexity index is 429. The Labute approximate surface area is 124 Å². The summed E-state index contributed by atoms with van der Waals surface area (Å²) < 4.78 is 0. The molecule has 19 heavy (non-hydrogen) atoms. The predicted molar refractivity (Wildman–Crippen MR) is 80.4 cm³/mol. The molecule has 0 radical (unpaired) electrons. The molecule has 0 fully saturated rings. The molecular weight excluding hydrogens is 283 g/mol. The molecule has 106 valence electrons. The van der Waals surface area contributed by atoms with Crippen LogP contribution >= 0.6 is 23.2 Å². The molecule has 0 aromatic heterocycles. The average molecular weight is 303 g/mol. The van der Waals surface area contributed by atoms with E-state index in [1.165, 1.54) is 0 Å². The zero-order chi connectivity index (χ0) is 14.6. The summed E-state index contributed by atoms with van der Waals surface area (Å²) >= 11 is 12.2. The molecule has 1 aromatic rings. The number of nitrogens with zero attached hydrogens (tertiary/aromatic N) is 1. The van der Waals surface area contributed by atoms with E-state index in [1.807, 2.05) is 20.8 Å². The Kier molecular flexibility index (Phi) is 6.11. The SMILES string of the molecule is CCN(Cc1c(Cl)cccc1Cl)C(=O)[C@@H](N)C(C)C. The van der Waals surface area contributed by atoms with Gasteiger partial charge in [0.05, 0.1) is 6.04 Å². The van der Waals surface area contributed by atoms with Crippen LogP contribution in [0.3, 0.4) is 0 Å². The molecule has 0 heterocycles. The van der Waals surface area contributed by atoms with Crippen LogP contribution in [0.2, 0.25) is 10.0 Å². The molecule has 0 spiro atoms. The van der Waals surface area contributed by atoms with Crippen molar-refractivity contribution < 1.29 is 4.79 Å². The number of likely N-dealkylation sites (N-methyl/N-ethyl adjacent to an activating group) is 1. The first-order valence-electron chi connectivity index (χ1n) is 6.35. The number of amides is 1. The number of carbonyl (C=O) groups excluding carboxylic acids is 1. The summed E-state index contributed by atoms with van der Waals surface area (Å²) in [4.78, 5) is 13.9. The van der Waals surface area contributed by atoms with E-state index >= 15 is 0 Å². The Morgan fingerprint density at radius 2 is 1.84 bits per heavy atom. The van der Waals surface area contributed by atoms with Gasteiger partial charge < -0.3 is 10.6 Å². The van der Waals surface area contributed by atoms with Crippen molar-refractivity contribution in [1.82, 2.24) is 4.90 Å². The van der Waals surface area contributed by atoms with Crippen molar-refractivity contribution in [2.24, 2.45) is 11.7 Å². The van der Waals surface area contributed by atoms with Crippen molar-refractivity contribution >= 4 is 29.1 Å². The molecule has 0 saturated carbocycles. The van der Waals surface area contributed by atoms with Gasteiger partial charge in [-0.2, -0.15) is 0 Å². The lowest BCUT2D eigenvalue weighted by molar-refractivity contribution is -0.134. The van der Waals surface area contributed by atoms with Crippen LogP contribution in [0.5, 0.6) is 0 Å². The number of nitrogens with two attached hydrogens (primary N) is 1. The lowest BCUT2D eigenvalue weighted by Crippen LogP contribution is -2.46. The Balaban J connectivity index is 2.91. The summed E-state index contributed by atoms with van der Waals surface area (Å²) in [6, 6.07) is 4.82. The highest BCUT2D eigenvalue weighted by Gasteiger charge is 2.23. The van der Waals surface area contributed by atoms with Gasteiger partial charge in [0.2, 0.25) is 5.91 Å². The van der Waals surface area contributed by atoms with E-state index in [0.717, 1.165) is 5.56 Å². The van der Waals surface area contributed by atoms with Crippen LogP contribution in [-0.2, 0) is 11.3 Å². The predicted octanol–water partition coefficient (Wildman–Crippen LogP) is 3.33. The molecular formula is C14H20Cl2N2O. The van der Waals surface area contributed by atoms with Gasteiger partial charge in [-0.3, -0.25) is 4.79 Å². The summed E-state index contributed by atoms with van der Waals surface area (Å²) in [5.74, 6) is 0.0248. The molecule has 1 aromatic carbocycles. The molecule has 1 rings (SSSR count). The first kappa shape index (κ1) is 16.3. The maximum Gasteiger partial charge on any atom is 0.240 e. The minimum Gasteiger partial charge on any atom is -0.337 e. The van der Waals surface area contributed by atoms with Crippen molar-refractivity contribution in [2.45, 2.75) is 33.4 Å². The zero-order valence-electron chi connectivity index (χ0n) is 11.5. The number of hydrogen-bond acceptors (Lipinski definition) is 2. The third-order valence-electron chi connectivity index (χ3n) is 3.11. The number of carbonyl (C=O) groups is 1. The molecule has 0 aliphatic rings. The second-order valence-electron chi connectivity index (χ2n) is 4.82. The van der Waals surface area contributed by atoms with Gasteiger partial charge in [-0.25, -0.2) is 0 Å². The third kappa shape index (κ3) is 4.10. The van der Waals surface area contributed by atoms with Gasteiger partial charge >= 0.3 is 0 Å². The summed E-state index contributed by atoms with van der Waals surface area (Å²) in [7, 11) is 0. The van der Waals surface area contributed by atoms with Crippen LogP contribution in [0.1, 0.15) is 26.3 Å². The standard InChI is InChI=1S/C14H20Cl2N2O/c1-4-18(14(19)13(17)9(2)3)8-10-11(15)6-5-7-12(10)16/h5-7,9,13H,4,8,17H2,1-3H3/t13-/m0/s1. The fourth-order valence-electron chi connectivity index (χ4n) is 1.72. The van der Waals surface area contributed by atoms with Gasteiger partial charge in [0.1, 0.15) is 0 Å². The van der Waals surface area contributed by atoms with E-state index in [2.05, 4.69) is 0 Å².